The average molecular weight is 243 g/mol. The molecule has 0 aliphatic carbocycles. The van der Waals surface area contributed by atoms with Crippen molar-refractivity contribution in [2.75, 3.05) is 0 Å². The molecule has 86 valence electrons. The van der Waals surface area contributed by atoms with Gasteiger partial charge < -0.3 is 5.73 Å². The summed E-state index contributed by atoms with van der Waals surface area (Å²) >= 11 is 1.57. The standard InChI is InChI=1S/C13H13N3S/c1-2-11(15)13-16-12(8-17-13)10-5-3-4-9(6-10)7-14/h3-6,8,11H,2,15H2,1H3. The number of aromatic nitrogens is 1. The van der Waals surface area contributed by atoms with Crippen molar-refractivity contribution in [2.24, 2.45) is 5.73 Å². The number of nitrogens with two attached hydrogens (primary N) is 1. The van der Waals surface area contributed by atoms with Crippen LogP contribution in [0.4, 0.5) is 0 Å². The second kappa shape index (κ2) is 5.09. The zero-order valence-electron chi connectivity index (χ0n) is 9.55. The normalized spacial score (nSPS) is 12.1. The van der Waals surface area contributed by atoms with E-state index in [2.05, 4.69) is 11.1 Å². The van der Waals surface area contributed by atoms with E-state index in [1.807, 2.05) is 30.5 Å². The first-order valence-electron chi connectivity index (χ1n) is 5.46. The molecule has 0 radical (unpaired) electrons. The Labute approximate surface area is 105 Å². The van der Waals surface area contributed by atoms with Crippen molar-refractivity contribution in [3.8, 4) is 17.3 Å². The van der Waals surface area contributed by atoms with Crippen molar-refractivity contribution < 1.29 is 0 Å². The van der Waals surface area contributed by atoms with E-state index < -0.39 is 0 Å². The first-order chi connectivity index (χ1) is 8.24. The van der Waals surface area contributed by atoms with E-state index in [1.165, 1.54) is 0 Å². The van der Waals surface area contributed by atoms with Crippen LogP contribution in [0.25, 0.3) is 11.3 Å². The maximum atomic E-state index is 8.85. The molecule has 0 spiro atoms. The van der Waals surface area contributed by atoms with E-state index in [0.29, 0.717) is 5.56 Å². The molecule has 2 N–H and O–H groups in total. The van der Waals surface area contributed by atoms with E-state index in [4.69, 9.17) is 11.0 Å². The van der Waals surface area contributed by atoms with Gasteiger partial charge in [0.1, 0.15) is 5.01 Å². The molecule has 4 heteroatoms. The lowest BCUT2D eigenvalue weighted by molar-refractivity contribution is 0.693. The van der Waals surface area contributed by atoms with E-state index in [1.54, 1.807) is 17.4 Å². The smallest absolute Gasteiger partial charge is 0.110 e. The Morgan fingerprint density at radius 2 is 2.35 bits per heavy atom. The first-order valence-corrected chi connectivity index (χ1v) is 6.34. The van der Waals surface area contributed by atoms with Crippen LogP contribution in [0, 0.1) is 11.3 Å². The van der Waals surface area contributed by atoms with Crippen LogP contribution in [0.2, 0.25) is 0 Å². The molecule has 3 nitrogen and oxygen atoms in total. The van der Waals surface area contributed by atoms with Gasteiger partial charge in [-0.05, 0) is 18.6 Å². The molecule has 0 saturated heterocycles. The quantitative estimate of drug-likeness (QED) is 0.901. The SMILES string of the molecule is CCC(N)c1nc(-c2cccc(C#N)c2)cs1. The zero-order valence-corrected chi connectivity index (χ0v) is 10.4. The molecule has 0 aliphatic rings. The Morgan fingerprint density at radius 3 is 3.06 bits per heavy atom. The number of thiazole rings is 1. The molecule has 0 amide bonds. The van der Waals surface area contributed by atoms with Gasteiger partial charge in [0.15, 0.2) is 0 Å². The van der Waals surface area contributed by atoms with Gasteiger partial charge in [-0.2, -0.15) is 5.26 Å². The Hall–Kier alpha value is -1.70. The van der Waals surface area contributed by atoms with Crippen LogP contribution in [0.3, 0.4) is 0 Å². The molecule has 0 bridgehead atoms. The molecule has 1 unspecified atom stereocenters. The summed E-state index contributed by atoms with van der Waals surface area (Å²) in [6.45, 7) is 2.04. The van der Waals surface area contributed by atoms with Gasteiger partial charge in [0.05, 0.1) is 23.4 Å². The summed E-state index contributed by atoms with van der Waals surface area (Å²) in [6, 6.07) is 9.59. The van der Waals surface area contributed by atoms with E-state index in [-0.39, 0.29) is 6.04 Å². The van der Waals surface area contributed by atoms with E-state index >= 15 is 0 Å². The fourth-order valence-electron chi connectivity index (χ4n) is 1.51. The van der Waals surface area contributed by atoms with Gasteiger partial charge >= 0.3 is 0 Å². The van der Waals surface area contributed by atoms with Gasteiger partial charge in [-0.3, -0.25) is 0 Å². The highest BCUT2D eigenvalue weighted by Crippen LogP contribution is 2.26. The minimum absolute atomic E-state index is 0.00731. The van der Waals surface area contributed by atoms with Crippen LogP contribution in [0.1, 0.15) is 30.0 Å². The van der Waals surface area contributed by atoms with Crippen molar-refractivity contribution in [1.29, 1.82) is 5.26 Å². The molecule has 17 heavy (non-hydrogen) atoms. The second-order valence-electron chi connectivity index (χ2n) is 3.78. The minimum atomic E-state index is 0.00731. The molecule has 1 atom stereocenters. The molecular formula is C13H13N3S. The second-order valence-corrected chi connectivity index (χ2v) is 4.67. The maximum absolute atomic E-state index is 8.85. The Morgan fingerprint density at radius 1 is 1.53 bits per heavy atom. The van der Waals surface area contributed by atoms with Crippen LogP contribution in [-0.2, 0) is 0 Å². The Balaban J connectivity index is 2.34. The fourth-order valence-corrected chi connectivity index (χ4v) is 2.43. The van der Waals surface area contributed by atoms with Crippen LogP contribution >= 0.6 is 11.3 Å². The lowest BCUT2D eigenvalue weighted by Gasteiger charge is -2.02. The molecule has 1 heterocycles. The topological polar surface area (TPSA) is 62.7 Å². The lowest BCUT2D eigenvalue weighted by Crippen LogP contribution is -2.07. The van der Waals surface area contributed by atoms with Crippen molar-refractivity contribution in [1.82, 2.24) is 4.98 Å². The Bertz CT molecular complexity index is 554. The lowest BCUT2D eigenvalue weighted by atomic mass is 10.1. The molecule has 1 aromatic heterocycles. The number of nitriles is 1. The summed E-state index contributed by atoms with van der Waals surface area (Å²) in [5.41, 5.74) is 8.45. The molecular weight excluding hydrogens is 230 g/mol. The van der Waals surface area contributed by atoms with Gasteiger partial charge in [0.2, 0.25) is 0 Å². The number of hydrogen-bond acceptors (Lipinski definition) is 4. The molecule has 2 rings (SSSR count). The van der Waals surface area contributed by atoms with Crippen molar-refractivity contribution in [2.45, 2.75) is 19.4 Å². The molecule has 0 aliphatic heterocycles. The van der Waals surface area contributed by atoms with Crippen molar-refractivity contribution in [3.63, 3.8) is 0 Å². The molecule has 0 fully saturated rings. The van der Waals surface area contributed by atoms with E-state index in [0.717, 1.165) is 22.7 Å². The average Bonchev–Trinajstić information content (AvgIpc) is 2.87. The minimum Gasteiger partial charge on any atom is -0.322 e. The highest BCUT2D eigenvalue weighted by molar-refractivity contribution is 7.10. The van der Waals surface area contributed by atoms with Gasteiger partial charge in [-0.1, -0.05) is 19.1 Å². The zero-order chi connectivity index (χ0) is 12.3. The third kappa shape index (κ3) is 2.52. The molecule has 2 aromatic rings. The fraction of sp³-hybridized carbons (Fsp3) is 0.231. The maximum Gasteiger partial charge on any atom is 0.110 e. The summed E-state index contributed by atoms with van der Waals surface area (Å²) in [5.74, 6) is 0. The number of hydrogen-bond donors (Lipinski definition) is 1. The van der Waals surface area contributed by atoms with Gasteiger partial charge in [0, 0.05) is 10.9 Å². The van der Waals surface area contributed by atoms with Gasteiger partial charge in [-0.25, -0.2) is 4.98 Å². The third-order valence-corrected chi connectivity index (χ3v) is 3.54. The monoisotopic (exact) mass is 243 g/mol. The number of benzene rings is 1. The van der Waals surface area contributed by atoms with Crippen molar-refractivity contribution >= 4 is 11.3 Å². The molecule has 1 aromatic carbocycles. The van der Waals surface area contributed by atoms with Crippen molar-refractivity contribution in [3.05, 3.63) is 40.2 Å². The highest BCUT2D eigenvalue weighted by atomic mass is 32.1. The largest absolute Gasteiger partial charge is 0.322 e. The summed E-state index contributed by atoms with van der Waals surface area (Å²) < 4.78 is 0. The van der Waals surface area contributed by atoms with Crippen LogP contribution < -0.4 is 5.73 Å². The predicted molar refractivity (Wildman–Crippen MR) is 69.5 cm³/mol. The Kier molecular flexibility index (Phi) is 3.52. The number of nitrogens with zero attached hydrogens (tertiary/aromatic N) is 2. The summed E-state index contributed by atoms with van der Waals surface area (Å²) in [4.78, 5) is 4.51. The first kappa shape index (κ1) is 11.8. The van der Waals surface area contributed by atoms with E-state index in [9.17, 15) is 0 Å². The number of rotatable bonds is 3. The summed E-state index contributed by atoms with van der Waals surface area (Å²) in [7, 11) is 0. The third-order valence-electron chi connectivity index (χ3n) is 2.57. The van der Waals surface area contributed by atoms with Crippen LogP contribution in [0.15, 0.2) is 29.6 Å². The van der Waals surface area contributed by atoms with Gasteiger partial charge in [0.25, 0.3) is 0 Å². The highest BCUT2D eigenvalue weighted by Gasteiger charge is 2.10. The summed E-state index contributed by atoms with van der Waals surface area (Å²) in [6.07, 6.45) is 0.880. The predicted octanol–water partition coefficient (Wildman–Crippen LogP) is 3.09. The van der Waals surface area contributed by atoms with Crippen LogP contribution in [-0.4, -0.2) is 4.98 Å². The molecule has 0 saturated carbocycles. The van der Waals surface area contributed by atoms with Crippen LogP contribution in [0.5, 0.6) is 0 Å². The van der Waals surface area contributed by atoms with Gasteiger partial charge in [-0.15, -0.1) is 11.3 Å². The summed E-state index contributed by atoms with van der Waals surface area (Å²) in [5, 5.41) is 11.8.